The number of benzene rings is 1. The molecule has 1 fully saturated rings. The van der Waals surface area contributed by atoms with Crippen molar-refractivity contribution in [3.63, 3.8) is 0 Å². The van der Waals surface area contributed by atoms with E-state index in [2.05, 4.69) is 15.3 Å². The lowest BCUT2D eigenvalue weighted by molar-refractivity contribution is -0.121. The number of hydrogen-bond acceptors (Lipinski definition) is 5. The first-order chi connectivity index (χ1) is 15.3. The van der Waals surface area contributed by atoms with E-state index in [1.807, 2.05) is 0 Å². The van der Waals surface area contributed by atoms with Crippen LogP contribution in [0.2, 0.25) is 5.02 Å². The molecule has 3 amide bonds. The van der Waals surface area contributed by atoms with Crippen molar-refractivity contribution in [1.82, 2.24) is 14.9 Å². The summed E-state index contributed by atoms with van der Waals surface area (Å²) >= 11 is 5.99. The number of hydrogen-bond donors (Lipinski definition) is 3. The van der Waals surface area contributed by atoms with E-state index in [4.69, 9.17) is 22.1 Å². The molecule has 32 heavy (non-hydrogen) atoms. The molecule has 0 bridgehead atoms. The lowest BCUT2D eigenvalue weighted by Gasteiger charge is -2.36. The summed E-state index contributed by atoms with van der Waals surface area (Å²) in [5, 5.41) is 2.88. The molecule has 4 N–H and O–H groups in total. The second-order valence-electron chi connectivity index (χ2n) is 7.60. The number of rotatable bonds is 8. The van der Waals surface area contributed by atoms with Gasteiger partial charge in [0.05, 0.1) is 23.6 Å². The molecule has 1 aromatic carbocycles. The maximum atomic E-state index is 13.2. The molecule has 1 aromatic heterocycles. The van der Waals surface area contributed by atoms with Crippen LogP contribution in [-0.4, -0.2) is 58.9 Å². The third-order valence-electron chi connectivity index (χ3n) is 5.58. The molecule has 1 aliphatic carbocycles. The molecule has 0 atom stereocenters. The van der Waals surface area contributed by atoms with E-state index < -0.39 is 17.6 Å². The number of nitrogens with zero attached hydrogens (tertiary/aromatic N) is 2. The van der Waals surface area contributed by atoms with Crippen LogP contribution in [0.5, 0.6) is 0 Å². The first kappa shape index (κ1) is 23.7. The first-order valence-electron chi connectivity index (χ1n) is 10.2. The van der Waals surface area contributed by atoms with Crippen LogP contribution in [0, 0.1) is 11.7 Å². The van der Waals surface area contributed by atoms with E-state index in [9.17, 15) is 18.8 Å². The molecule has 3 rings (SSSR count). The molecule has 0 unspecified atom stereocenters. The number of H-pyrrole nitrogens is 1. The van der Waals surface area contributed by atoms with Gasteiger partial charge in [0.15, 0.2) is 5.69 Å². The summed E-state index contributed by atoms with van der Waals surface area (Å²) in [6.07, 6.45) is 3.52. The van der Waals surface area contributed by atoms with Crippen LogP contribution in [0.4, 0.5) is 10.1 Å². The molecular formula is C21H25ClFN5O4. The van der Waals surface area contributed by atoms with Crippen LogP contribution < -0.4 is 11.1 Å². The zero-order valence-corrected chi connectivity index (χ0v) is 18.3. The number of ether oxygens (including phenoxy) is 1. The van der Waals surface area contributed by atoms with E-state index in [0.717, 1.165) is 6.07 Å². The van der Waals surface area contributed by atoms with Gasteiger partial charge in [-0.15, -0.1) is 0 Å². The quantitative estimate of drug-likeness (QED) is 0.551. The van der Waals surface area contributed by atoms with Gasteiger partial charge in [-0.05, 0) is 43.9 Å². The molecular weight excluding hydrogens is 441 g/mol. The van der Waals surface area contributed by atoms with Gasteiger partial charge in [-0.1, -0.05) is 11.6 Å². The summed E-state index contributed by atoms with van der Waals surface area (Å²) in [4.78, 5) is 45.6. The van der Waals surface area contributed by atoms with Crippen molar-refractivity contribution in [1.29, 1.82) is 0 Å². The normalized spacial score (nSPS) is 18.2. The van der Waals surface area contributed by atoms with E-state index >= 15 is 0 Å². The summed E-state index contributed by atoms with van der Waals surface area (Å²) in [6.45, 7) is 0.624. The SMILES string of the molecule is COCCN(C(=O)c1nc[nH]c1C(N)=O)[C@H]1CC[C@H](C(=O)Nc2ccc(F)cc2Cl)CC1. The smallest absolute Gasteiger partial charge is 0.275 e. The second-order valence-corrected chi connectivity index (χ2v) is 8.01. The molecule has 1 aliphatic rings. The van der Waals surface area contributed by atoms with Gasteiger partial charge in [0.2, 0.25) is 5.91 Å². The highest BCUT2D eigenvalue weighted by Crippen LogP contribution is 2.31. The molecule has 0 aliphatic heterocycles. The highest BCUT2D eigenvalue weighted by atomic mass is 35.5. The Balaban J connectivity index is 1.65. The predicted molar refractivity (Wildman–Crippen MR) is 116 cm³/mol. The predicted octanol–water partition coefficient (Wildman–Crippen LogP) is 2.59. The summed E-state index contributed by atoms with van der Waals surface area (Å²) in [5.74, 6) is -2.13. The van der Waals surface area contributed by atoms with Gasteiger partial charge in [-0.25, -0.2) is 9.37 Å². The van der Waals surface area contributed by atoms with Crippen LogP contribution in [-0.2, 0) is 9.53 Å². The number of amides is 3. The average Bonchev–Trinajstić information content (AvgIpc) is 3.26. The van der Waals surface area contributed by atoms with Crippen LogP contribution in [0.15, 0.2) is 24.5 Å². The Kier molecular flexibility index (Phi) is 7.81. The number of carbonyl (C=O) groups excluding carboxylic acids is 3. The number of primary amides is 1. The molecule has 2 aromatic rings. The zero-order valence-electron chi connectivity index (χ0n) is 17.6. The third kappa shape index (κ3) is 5.43. The molecule has 11 heteroatoms. The minimum atomic E-state index is -0.766. The van der Waals surface area contributed by atoms with Gasteiger partial charge in [0.25, 0.3) is 11.8 Å². The highest BCUT2D eigenvalue weighted by Gasteiger charge is 2.34. The van der Waals surface area contributed by atoms with Gasteiger partial charge in [0.1, 0.15) is 11.5 Å². The van der Waals surface area contributed by atoms with Crippen molar-refractivity contribution < 1.29 is 23.5 Å². The van der Waals surface area contributed by atoms with Crippen molar-refractivity contribution in [2.75, 3.05) is 25.6 Å². The maximum absolute atomic E-state index is 13.2. The number of nitrogens with two attached hydrogens (primary N) is 1. The van der Waals surface area contributed by atoms with Gasteiger partial charge in [-0.2, -0.15) is 0 Å². The second kappa shape index (κ2) is 10.6. The Morgan fingerprint density at radius 1 is 1.31 bits per heavy atom. The summed E-state index contributed by atoms with van der Waals surface area (Å²) in [5.41, 5.74) is 5.62. The third-order valence-corrected chi connectivity index (χ3v) is 5.90. The molecule has 1 heterocycles. The molecule has 0 radical (unpaired) electrons. The van der Waals surface area contributed by atoms with Crippen molar-refractivity contribution in [3.05, 3.63) is 46.8 Å². The topological polar surface area (TPSA) is 130 Å². The van der Waals surface area contributed by atoms with Crippen molar-refractivity contribution in [2.45, 2.75) is 31.7 Å². The number of imidazole rings is 1. The maximum Gasteiger partial charge on any atom is 0.275 e. The van der Waals surface area contributed by atoms with Crippen LogP contribution in [0.3, 0.4) is 0 Å². The number of anilines is 1. The molecule has 0 spiro atoms. The van der Waals surface area contributed by atoms with Gasteiger partial charge in [0, 0.05) is 25.6 Å². The van der Waals surface area contributed by atoms with E-state index in [1.165, 1.54) is 25.6 Å². The molecule has 0 saturated heterocycles. The number of aromatic nitrogens is 2. The molecule has 172 valence electrons. The van der Waals surface area contributed by atoms with Gasteiger partial charge >= 0.3 is 0 Å². The molecule has 1 saturated carbocycles. The number of methoxy groups -OCH3 is 1. The summed E-state index contributed by atoms with van der Waals surface area (Å²) in [7, 11) is 1.54. The Morgan fingerprint density at radius 2 is 2.03 bits per heavy atom. The van der Waals surface area contributed by atoms with Crippen molar-refractivity contribution in [2.24, 2.45) is 11.7 Å². The molecule has 9 nitrogen and oxygen atoms in total. The monoisotopic (exact) mass is 465 g/mol. The fourth-order valence-electron chi connectivity index (χ4n) is 3.90. The fraction of sp³-hybridized carbons (Fsp3) is 0.429. The van der Waals surface area contributed by atoms with Crippen LogP contribution >= 0.6 is 11.6 Å². The van der Waals surface area contributed by atoms with Crippen molar-refractivity contribution >= 4 is 35.0 Å². The van der Waals surface area contributed by atoms with E-state index in [-0.39, 0.29) is 34.3 Å². The Labute approximate surface area is 189 Å². The van der Waals surface area contributed by atoms with Crippen molar-refractivity contribution in [3.8, 4) is 0 Å². The van der Waals surface area contributed by atoms with Gasteiger partial charge < -0.3 is 25.7 Å². The van der Waals surface area contributed by atoms with E-state index in [0.29, 0.717) is 44.5 Å². The first-order valence-corrected chi connectivity index (χ1v) is 10.6. The minimum Gasteiger partial charge on any atom is -0.383 e. The standard InChI is InChI=1S/C21H25ClFN5O4/c1-32-9-8-28(21(31)18-17(19(24)29)25-11-26-18)14-5-2-12(3-6-14)20(30)27-16-7-4-13(23)10-15(16)22/h4,7,10-12,14H,2-3,5-6,8-9H2,1H3,(H2,24,29)(H,25,26)(H,27,30)/t12-,14-. The number of halogens is 2. The zero-order chi connectivity index (χ0) is 23.3. The highest BCUT2D eigenvalue weighted by molar-refractivity contribution is 6.33. The number of nitrogens with one attached hydrogen (secondary N) is 2. The van der Waals surface area contributed by atoms with Gasteiger partial charge in [-0.3, -0.25) is 14.4 Å². The summed E-state index contributed by atoms with van der Waals surface area (Å²) in [6, 6.07) is 3.65. The Morgan fingerprint density at radius 3 is 2.66 bits per heavy atom. The fourth-order valence-corrected chi connectivity index (χ4v) is 4.11. The number of aromatic amines is 1. The number of carbonyl (C=O) groups is 3. The largest absolute Gasteiger partial charge is 0.383 e. The Bertz CT molecular complexity index is 990. The van der Waals surface area contributed by atoms with Crippen LogP contribution in [0.25, 0.3) is 0 Å². The Hall–Kier alpha value is -2.98. The van der Waals surface area contributed by atoms with E-state index in [1.54, 1.807) is 4.90 Å². The van der Waals surface area contributed by atoms with Crippen LogP contribution in [0.1, 0.15) is 46.7 Å². The average molecular weight is 466 g/mol. The summed E-state index contributed by atoms with van der Waals surface area (Å²) < 4.78 is 18.3. The minimum absolute atomic E-state index is 0.0283. The lowest BCUT2D eigenvalue weighted by Crippen LogP contribution is -2.45. The lowest BCUT2D eigenvalue weighted by atomic mass is 9.84.